The van der Waals surface area contributed by atoms with Gasteiger partial charge in [0.05, 0.1) is 0 Å². The van der Waals surface area contributed by atoms with Crippen molar-refractivity contribution in [2.24, 2.45) is 5.73 Å². The van der Waals surface area contributed by atoms with Crippen LogP contribution in [0.3, 0.4) is 0 Å². The van der Waals surface area contributed by atoms with Gasteiger partial charge in [-0.25, -0.2) is 9.13 Å². The fraction of sp³-hybridized carbons (Fsp3) is 0.625. The maximum Gasteiger partial charge on any atom is 0.369 e. The van der Waals surface area contributed by atoms with Crippen molar-refractivity contribution >= 4 is 15.2 Å². The average Bonchev–Trinajstić information content (AvgIpc) is 2.73. The summed E-state index contributed by atoms with van der Waals surface area (Å²) in [6.45, 7) is -1.04. The molecule has 3 atom stereocenters. The molecule has 0 aromatic carbocycles. The second kappa shape index (κ2) is 6.25. The smallest absolute Gasteiger partial charge is 0.369 e. The zero-order valence-corrected chi connectivity index (χ0v) is 12.5. The molecule has 1 aromatic heterocycles. The van der Waals surface area contributed by atoms with Crippen LogP contribution in [0.4, 0.5) is 0 Å². The number of hydrogen-bond donors (Lipinski definition) is 6. The van der Waals surface area contributed by atoms with Gasteiger partial charge in [0.1, 0.15) is 31.6 Å². The molecular formula is C8H17N3O8P2. The number of rotatable bonds is 7. The van der Waals surface area contributed by atoms with Crippen molar-refractivity contribution in [3.63, 3.8) is 0 Å². The number of aromatic nitrogens is 2. The second-order valence-corrected chi connectivity index (χ2v) is 8.47. The van der Waals surface area contributed by atoms with Gasteiger partial charge in [-0.3, -0.25) is 4.57 Å². The van der Waals surface area contributed by atoms with Crippen molar-refractivity contribution in [1.29, 1.82) is 0 Å². The molecular weight excluding hydrogens is 328 g/mol. The first-order valence-corrected chi connectivity index (χ1v) is 8.84. The van der Waals surface area contributed by atoms with Gasteiger partial charge < -0.3 is 40.1 Å². The topological polar surface area (TPSA) is 193 Å². The summed E-state index contributed by atoms with van der Waals surface area (Å²) in [4.78, 5) is 38.0. The van der Waals surface area contributed by atoms with E-state index in [1.807, 2.05) is 0 Å². The Morgan fingerprint density at radius 3 is 2.38 bits per heavy atom. The van der Waals surface area contributed by atoms with E-state index in [1.165, 1.54) is 23.3 Å². The van der Waals surface area contributed by atoms with E-state index in [0.717, 1.165) is 4.57 Å². The second-order valence-electron chi connectivity index (χ2n) is 4.51. The lowest BCUT2D eigenvalue weighted by molar-refractivity contribution is -0.703. The summed E-state index contributed by atoms with van der Waals surface area (Å²) in [5.41, 5.74) is 5.22. The minimum Gasteiger partial charge on any atom is -0.776 e. The van der Waals surface area contributed by atoms with Gasteiger partial charge >= 0.3 is 7.60 Å². The van der Waals surface area contributed by atoms with Crippen LogP contribution in [0.15, 0.2) is 18.7 Å². The van der Waals surface area contributed by atoms with Gasteiger partial charge in [0.15, 0.2) is 7.60 Å². The van der Waals surface area contributed by atoms with E-state index in [0.29, 0.717) is 0 Å². The van der Waals surface area contributed by atoms with Crippen LogP contribution >= 0.6 is 15.2 Å². The predicted octanol–water partition coefficient (Wildman–Crippen LogP) is -3.54. The summed E-state index contributed by atoms with van der Waals surface area (Å²) in [6, 6.07) is 0. The number of imidazole rings is 1. The van der Waals surface area contributed by atoms with Crippen LogP contribution in [-0.4, -0.2) is 47.2 Å². The van der Waals surface area contributed by atoms with Crippen LogP contribution in [-0.2, 0) is 22.2 Å². The molecule has 0 fully saturated rings. The van der Waals surface area contributed by atoms with E-state index in [9.17, 15) is 24.2 Å². The lowest BCUT2D eigenvalue weighted by Crippen LogP contribution is -2.48. The first-order chi connectivity index (χ1) is 9.40. The van der Waals surface area contributed by atoms with Gasteiger partial charge in [0.2, 0.25) is 6.33 Å². The van der Waals surface area contributed by atoms with E-state index in [1.54, 1.807) is 0 Å². The summed E-state index contributed by atoms with van der Waals surface area (Å²) < 4.78 is 24.6. The molecule has 0 saturated heterocycles. The van der Waals surface area contributed by atoms with E-state index >= 15 is 0 Å². The minimum absolute atomic E-state index is 0.0169. The van der Waals surface area contributed by atoms with Gasteiger partial charge in [-0.05, 0) is 0 Å². The largest absolute Gasteiger partial charge is 0.776 e. The Balaban J connectivity index is 3.02. The zero-order chi connectivity index (χ0) is 16.5. The summed E-state index contributed by atoms with van der Waals surface area (Å²) >= 11 is 0. The Morgan fingerprint density at radius 2 is 1.95 bits per heavy atom. The van der Waals surface area contributed by atoms with Crippen molar-refractivity contribution in [2.75, 3.05) is 6.54 Å². The molecule has 13 heteroatoms. The molecule has 0 aliphatic rings. The van der Waals surface area contributed by atoms with Crippen LogP contribution < -0.4 is 15.2 Å². The maximum atomic E-state index is 11.2. The third-order valence-corrected chi connectivity index (χ3v) is 6.41. The van der Waals surface area contributed by atoms with Crippen molar-refractivity contribution < 1.29 is 43.5 Å². The lowest BCUT2D eigenvalue weighted by atomic mass is 10.3. The number of nitrogens with zero attached hydrogens (tertiary/aromatic N) is 2. The molecule has 21 heavy (non-hydrogen) atoms. The molecule has 0 bridgehead atoms. The van der Waals surface area contributed by atoms with Crippen LogP contribution in [0, 0.1) is 0 Å². The highest BCUT2D eigenvalue weighted by molar-refractivity contribution is 7.71. The Bertz CT molecular complexity index is 556. The minimum atomic E-state index is -5.76. The molecule has 0 spiro atoms. The van der Waals surface area contributed by atoms with Crippen molar-refractivity contribution in [3.05, 3.63) is 18.7 Å². The molecule has 122 valence electrons. The van der Waals surface area contributed by atoms with Gasteiger partial charge in [-0.15, -0.1) is 0 Å². The van der Waals surface area contributed by atoms with E-state index in [2.05, 4.69) is 0 Å². The monoisotopic (exact) mass is 345 g/mol. The molecule has 1 heterocycles. The Hall–Kier alpha value is -0.610. The van der Waals surface area contributed by atoms with E-state index in [4.69, 9.17) is 20.4 Å². The number of aliphatic hydroxyl groups is 2. The molecule has 1 rings (SSSR count). The standard InChI is InChI=1S/C8H17N3O8P2/c9-3-7(12)4-10-1-2-11(6-10)5-8(13,20(14,15)16)21(17,18)19/h1-2,6-7,12-13H,3-5,9H2,(H3-,14,15,16,17,18,19). The number of hydrogen-bond acceptors (Lipinski definition) is 6. The van der Waals surface area contributed by atoms with Crippen LogP contribution in [0.25, 0.3) is 0 Å². The van der Waals surface area contributed by atoms with E-state index < -0.39 is 32.9 Å². The Morgan fingerprint density at radius 1 is 1.38 bits per heavy atom. The highest BCUT2D eigenvalue weighted by atomic mass is 31.2. The number of aliphatic hydroxyl groups excluding tert-OH is 1. The Kier molecular flexibility index (Phi) is 5.49. The molecule has 0 aliphatic heterocycles. The maximum absolute atomic E-state index is 11.2. The zero-order valence-electron chi connectivity index (χ0n) is 10.8. The number of nitrogens with two attached hydrogens (primary N) is 1. The third-order valence-electron chi connectivity index (χ3n) is 2.75. The molecule has 3 unspecified atom stereocenters. The van der Waals surface area contributed by atoms with Gasteiger partial charge in [-0.1, -0.05) is 0 Å². The van der Waals surface area contributed by atoms with E-state index in [-0.39, 0.29) is 13.1 Å². The quantitative estimate of drug-likeness (QED) is 0.214. The van der Waals surface area contributed by atoms with Crippen molar-refractivity contribution in [3.8, 4) is 0 Å². The first kappa shape index (κ1) is 18.4. The molecule has 0 aliphatic carbocycles. The summed E-state index contributed by atoms with van der Waals surface area (Å²) in [5, 5.41) is 15.4. The molecule has 0 saturated carbocycles. The lowest BCUT2D eigenvalue weighted by Gasteiger charge is -2.34. The normalized spacial score (nSPS) is 19.8. The molecule has 11 nitrogen and oxygen atoms in total. The summed E-state index contributed by atoms with van der Waals surface area (Å²) in [7, 11) is -11.3. The highest BCUT2D eigenvalue weighted by Crippen LogP contribution is 2.65. The van der Waals surface area contributed by atoms with Crippen molar-refractivity contribution in [1.82, 2.24) is 4.57 Å². The summed E-state index contributed by atoms with van der Waals surface area (Å²) in [5.74, 6) is 0. The fourth-order valence-electron chi connectivity index (χ4n) is 1.55. The molecule has 0 radical (unpaired) electrons. The van der Waals surface area contributed by atoms with Gasteiger partial charge in [0.25, 0.3) is 5.08 Å². The van der Waals surface area contributed by atoms with Crippen LogP contribution in [0.2, 0.25) is 0 Å². The van der Waals surface area contributed by atoms with Crippen LogP contribution in [0.5, 0.6) is 0 Å². The Labute approximate surface area is 119 Å². The highest BCUT2D eigenvalue weighted by Gasteiger charge is 2.55. The van der Waals surface area contributed by atoms with Gasteiger partial charge in [0, 0.05) is 6.54 Å². The molecule has 0 amide bonds. The van der Waals surface area contributed by atoms with Gasteiger partial charge in [-0.2, -0.15) is 0 Å². The first-order valence-electron chi connectivity index (χ1n) is 5.65. The average molecular weight is 345 g/mol. The SMILES string of the molecule is NCC(O)Cn1cc[n+](CC(O)(P(=O)([O-])O)P(=O)(O)O)c1. The molecule has 7 N–H and O–H groups in total. The van der Waals surface area contributed by atoms with Crippen molar-refractivity contribution in [2.45, 2.75) is 24.3 Å². The fourth-order valence-corrected chi connectivity index (χ4v) is 3.56. The summed E-state index contributed by atoms with van der Waals surface area (Å²) in [6.07, 6.45) is 2.90. The molecule has 1 aromatic rings. The predicted molar refractivity (Wildman–Crippen MR) is 66.5 cm³/mol. The van der Waals surface area contributed by atoms with Crippen LogP contribution in [0.1, 0.15) is 0 Å². The third kappa shape index (κ3) is 4.19.